The zero-order valence-electron chi connectivity index (χ0n) is 10.6. The third-order valence-electron chi connectivity index (χ3n) is 2.60. The Morgan fingerprint density at radius 3 is 3.21 bits per heavy atom. The van der Waals surface area contributed by atoms with Gasteiger partial charge in [-0.25, -0.2) is 4.98 Å². The van der Waals surface area contributed by atoms with Gasteiger partial charge in [0.2, 0.25) is 5.91 Å². The molecule has 0 saturated heterocycles. The fraction of sp³-hybridized carbons (Fsp3) is 0.417. The third-order valence-corrected chi connectivity index (χ3v) is 3.49. The molecule has 0 spiro atoms. The van der Waals surface area contributed by atoms with Gasteiger partial charge >= 0.3 is 0 Å². The molecule has 1 N–H and O–H groups in total. The number of methoxy groups -OCH3 is 1. The predicted octanol–water partition coefficient (Wildman–Crippen LogP) is 0.611. The van der Waals surface area contributed by atoms with Crippen LogP contribution < -0.4 is 10.9 Å². The lowest BCUT2D eigenvalue weighted by Crippen LogP contribution is -2.33. The minimum absolute atomic E-state index is 0.00729. The molecule has 19 heavy (non-hydrogen) atoms. The molecular weight excluding hydrogens is 266 g/mol. The van der Waals surface area contributed by atoms with Crippen LogP contribution in [0.3, 0.4) is 0 Å². The van der Waals surface area contributed by atoms with Crippen molar-refractivity contribution in [1.82, 2.24) is 14.9 Å². The van der Waals surface area contributed by atoms with Crippen LogP contribution >= 0.6 is 11.3 Å². The van der Waals surface area contributed by atoms with Gasteiger partial charge in [0.25, 0.3) is 5.56 Å². The molecule has 2 aromatic heterocycles. The number of fused-ring (bicyclic) bond motifs is 1. The quantitative estimate of drug-likeness (QED) is 0.787. The number of carbonyl (C=O) groups is 1. The van der Waals surface area contributed by atoms with E-state index in [1.165, 1.54) is 22.2 Å². The van der Waals surface area contributed by atoms with Crippen LogP contribution in [0.25, 0.3) is 10.2 Å². The molecule has 2 heterocycles. The first-order valence-corrected chi connectivity index (χ1v) is 6.78. The van der Waals surface area contributed by atoms with Gasteiger partial charge in [0, 0.05) is 20.3 Å². The average Bonchev–Trinajstić information content (AvgIpc) is 2.87. The Bertz CT molecular complexity index is 620. The van der Waals surface area contributed by atoms with Gasteiger partial charge < -0.3 is 10.1 Å². The van der Waals surface area contributed by atoms with Gasteiger partial charge in [-0.1, -0.05) is 0 Å². The Hall–Kier alpha value is -1.73. The fourth-order valence-corrected chi connectivity index (χ4v) is 2.44. The predicted molar refractivity (Wildman–Crippen MR) is 73.4 cm³/mol. The van der Waals surface area contributed by atoms with Crippen LogP contribution in [-0.4, -0.2) is 35.7 Å². The molecule has 2 aromatic rings. The van der Waals surface area contributed by atoms with Crippen LogP contribution in [-0.2, 0) is 16.1 Å². The van der Waals surface area contributed by atoms with Crippen molar-refractivity contribution in [3.05, 3.63) is 28.1 Å². The molecule has 1 amide bonds. The van der Waals surface area contributed by atoms with E-state index in [4.69, 9.17) is 4.74 Å². The second-order valence-corrected chi connectivity index (χ2v) is 4.93. The first kappa shape index (κ1) is 13.7. The van der Waals surface area contributed by atoms with Crippen molar-refractivity contribution in [2.24, 2.45) is 0 Å². The van der Waals surface area contributed by atoms with E-state index in [-0.39, 0.29) is 18.0 Å². The van der Waals surface area contributed by atoms with Crippen LogP contribution in [0.1, 0.15) is 6.42 Å². The minimum Gasteiger partial charge on any atom is -0.385 e. The summed E-state index contributed by atoms with van der Waals surface area (Å²) in [5, 5.41) is 4.55. The van der Waals surface area contributed by atoms with Gasteiger partial charge in [-0.3, -0.25) is 14.2 Å². The summed E-state index contributed by atoms with van der Waals surface area (Å²) in [4.78, 5) is 27.8. The zero-order chi connectivity index (χ0) is 13.7. The van der Waals surface area contributed by atoms with Crippen LogP contribution in [0.2, 0.25) is 0 Å². The summed E-state index contributed by atoms with van der Waals surface area (Å²) in [6, 6.07) is 1.79. The molecule has 0 fully saturated rings. The van der Waals surface area contributed by atoms with E-state index in [1.807, 2.05) is 5.38 Å². The molecule has 7 heteroatoms. The lowest BCUT2D eigenvalue weighted by Gasteiger charge is -2.06. The number of nitrogens with one attached hydrogen (secondary N) is 1. The van der Waals surface area contributed by atoms with E-state index in [1.54, 1.807) is 13.2 Å². The first-order chi connectivity index (χ1) is 9.22. The summed E-state index contributed by atoms with van der Waals surface area (Å²) in [5.41, 5.74) is 0.499. The number of aromatic nitrogens is 2. The average molecular weight is 281 g/mol. The standard InChI is InChI=1S/C12H15N3O3S/c1-18-5-2-4-13-10(16)7-15-8-14-9-3-6-19-11(9)12(15)17/h3,6,8H,2,4-5,7H2,1H3,(H,13,16). The molecule has 2 rings (SSSR count). The normalized spacial score (nSPS) is 10.8. The topological polar surface area (TPSA) is 73.2 Å². The van der Waals surface area contributed by atoms with Gasteiger partial charge in [-0.2, -0.15) is 0 Å². The second kappa shape index (κ2) is 6.44. The van der Waals surface area contributed by atoms with E-state index in [0.29, 0.717) is 23.4 Å². The van der Waals surface area contributed by atoms with E-state index in [0.717, 1.165) is 6.42 Å². The summed E-state index contributed by atoms with van der Waals surface area (Å²) >= 11 is 1.34. The number of carbonyl (C=O) groups excluding carboxylic acids is 1. The second-order valence-electron chi connectivity index (χ2n) is 4.01. The molecule has 102 valence electrons. The SMILES string of the molecule is COCCCNC(=O)Cn1cnc2ccsc2c1=O. The molecule has 0 aliphatic rings. The highest BCUT2D eigenvalue weighted by molar-refractivity contribution is 7.17. The minimum atomic E-state index is -0.198. The summed E-state index contributed by atoms with van der Waals surface area (Å²) < 4.78 is 6.79. The molecule has 0 radical (unpaired) electrons. The molecule has 6 nitrogen and oxygen atoms in total. The van der Waals surface area contributed by atoms with Crippen LogP contribution in [0.4, 0.5) is 0 Å². The fourth-order valence-electron chi connectivity index (χ4n) is 1.65. The summed E-state index contributed by atoms with van der Waals surface area (Å²) in [5.74, 6) is -0.198. The number of hydrogen-bond acceptors (Lipinski definition) is 5. The Kier molecular flexibility index (Phi) is 4.64. The molecule has 0 bridgehead atoms. The highest BCUT2D eigenvalue weighted by Gasteiger charge is 2.08. The van der Waals surface area contributed by atoms with Crippen molar-refractivity contribution in [2.45, 2.75) is 13.0 Å². The highest BCUT2D eigenvalue weighted by Crippen LogP contribution is 2.12. The van der Waals surface area contributed by atoms with E-state index in [9.17, 15) is 9.59 Å². The number of thiophene rings is 1. The van der Waals surface area contributed by atoms with Gasteiger partial charge in [-0.05, 0) is 17.9 Å². The van der Waals surface area contributed by atoms with Crippen molar-refractivity contribution in [3.8, 4) is 0 Å². The van der Waals surface area contributed by atoms with Crippen molar-refractivity contribution in [3.63, 3.8) is 0 Å². The van der Waals surface area contributed by atoms with E-state index in [2.05, 4.69) is 10.3 Å². The number of rotatable bonds is 6. The molecule has 0 atom stereocenters. The van der Waals surface area contributed by atoms with Gasteiger partial charge in [0.15, 0.2) is 0 Å². The number of ether oxygens (including phenoxy) is 1. The van der Waals surface area contributed by atoms with Crippen molar-refractivity contribution in [1.29, 1.82) is 0 Å². The van der Waals surface area contributed by atoms with Crippen molar-refractivity contribution >= 4 is 27.5 Å². The molecule has 0 aromatic carbocycles. The number of hydrogen-bond donors (Lipinski definition) is 1. The van der Waals surface area contributed by atoms with Gasteiger partial charge in [-0.15, -0.1) is 11.3 Å². The van der Waals surface area contributed by atoms with Crippen molar-refractivity contribution < 1.29 is 9.53 Å². The molecule has 0 saturated carbocycles. The van der Waals surface area contributed by atoms with E-state index >= 15 is 0 Å². The van der Waals surface area contributed by atoms with Gasteiger partial charge in [0.1, 0.15) is 11.2 Å². The van der Waals surface area contributed by atoms with Gasteiger partial charge in [0.05, 0.1) is 11.8 Å². The van der Waals surface area contributed by atoms with Crippen LogP contribution in [0, 0.1) is 0 Å². The molecular formula is C12H15N3O3S. The van der Waals surface area contributed by atoms with Crippen LogP contribution in [0.15, 0.2) is 22.6 Å². The first-order valence-electron chi connectivity index (χ1n) is 5.90. The summed E-state index contributed by atoms with van der Waals surface area (Å²) in [7, 11) is 1.61. The van der Waals surface area contributed by atoms with E-state index < -0.39 is 0 Å². The number of nitrogens with zero attached hydrogens (tertiary/aromatic N) is 2. The lowest BCUT2D eigenvalue weighted by atomic mass is 10.4. The largest absolute Gasteiger partial charge is 0.385 e. The zero-order valence-corrected chi connectivity index (χ0v) is 11.4. The van der Waals surface area contributed by atoms with Crippen molar-refractivity contribution in [2.75, 3.05) is 20.3 Å². The summed E-state index contributed by atoms with van der Waals surface area (Å²) in [6.07, 6.45) is 2.16. The Labute approximate surface area is 114 Å². The third kappa shape index (κ3) is 3.39. The Morgan fingerprint density at radius 1 is 1.58 bits per heavy atom. The Morgan fingerprint density at radius 2 is 2.42 bits per heavy atom. The maximum atomic E-state index is 12.0. The Balaban J connectivity index is 1.99. The highest BCUT2D eigenvalue weighted by atomic mass is 32.1. The lowest BCUT2D eigenvalue weighted by molar-refractivity contribution is -0.121. The number of amides is 1. The molecule has 0 aliphatic carbocycles. The maximum Gasteiger partial charge on any atom is 0.271 e. The maximum absolute atomic E-state index is 12.0. The summed E-state index contributed by atoms with van der Waals surface area (Å²) in [6.45, 7) is 1.13. The molecule has 0 aliphatic heterocycles. The smallest absolute Gasteiger partial charge is 0.271 e. The van der Waals surface area contributed by atoms with Crippen LogP contribution in [0.5, 0.6) is 0 Å². The molecule has 0 unspecified atom stereocenters. The monoisotopic (exact) mass is 281 g/mol.